The number of hydrogen-bond donors (Lipinski definition) is 1. The second-order valence-corrected chi connectivity index (χ2v) is 8.65. The van der Waals surface area contributed by atoms with E-state index in [0.29, 0.717) is 27.8 Å². The average Bonchev–Trinajstić information content (AvgIpc) is 3.57. The minimum absolute atomic E-state index is 0.224. The maximum absolute atomic E-state index is 13.5. The van der Waals surface area contributed by atoms with Gasteiger partial charge in [0.1, 0.15) is 11.5 Å². The normalized spacial score (nSPS) is 10.8. The van der Waals surface area contributed by atoms with E-state index in [1.165, 1.54) is 46.5 Å². The Morgan fingerprint density at radius 3 is 2.51 bits per heavy atom. The first kappa shape index (κ1) is 22.6. The summed E-state index contributed by atoms with van der Waals surface area (Å²) < 4.78 is 15.0. The zero-order valence-electron chi connectivity index (χ0n) is 17.9. The molecule has 2 aromatic carbocycles. The standard InChI is InChI=1S/C25H15ClFN5O2S/c26-20-9-8-17(13-18(20)23(33)25-29-11-12-35-25)30-24(34)19-14-32(21-3-1-2-10-28-21)31-22(19)15-4-6-16(27)7-5-15/h1-14H,(H,30,34). The van der Waals surface area contributed by atoms with Crippen molar-refractivity contribution in [3.63, 3.8) is 0 Å². The first-order valence-electron chi connectivity index (χ1n) is 10.3. The summed E-state index contributed by atoms with van der Waals surface area (Å²) in [5.41, 5.74) is 1.74. The van der Waals surface area contributed by atoms with Crippen LogP contribution in [0.3, 0.4) is 0 Å². The molecule has 1 amide bonds. The van der Waals surface area contributed by atoms with Crippen LogP contribution in [0.1, 0.15) is 25.7 Å². The molecule has 0 fully saturated rings. The highest BCUT2D eigenvalue weighted by atomic mass is 35.5. The van der Waals surface area contributed by atoms with Crippen molar-refractivity contribution in [2.45, 2.75) is 0 Å². The highest BCUT2D eigenvalue weighted by molar-refractivity contribution is 7.11. The number of anilines is 1. The van der Waals surface area contributed by atoms with Gasteiger partial charge in [-0.1, -0.05) is 17.7 Å². The van der Waals surface area contributed by atoms with Crippen molar-refractivity contribution >= 4 is 40.3 Å². The number of amides is 1. The Balaban J connectivity index is 1.50. The van der Waals surface area contributed by atoms with Crippen LogP contribution in [-0.4, -0.2) is 31.4 Å². The van der Waals surface area contributed by atoms with E-state index >= 15 is 0 Å². The lowest BCUT2D eigenvalue weighted by molar-refractivity contribution is 0.102. The molecule has 5 aromatic rings. The summed E-state index contributed by atoms with van der Waals surface area (Å²) in [7, 11) is 0. The van der Waals surface area contributed by atoms with Gasteiger partial charge < -0.3 is 5.32 Å². The molecule has 7 nitrogen and oxygen atoms in total. The van der Waals surface area contributed by atoms with Gasteiger partial charge in [-0.05, 0) is 54.6 Å². The van der Waals surface area contributed by atoms with Crippen molar-refractivity contribution in [3.8, 4) is 17.1 Å². The summed E-state index contributed by atoms with van der Waals surface area (Å²) in [5, 5.41) is 9.57. The minimum Gasteiger partial charge on any atom is -0.322 e. The predicted octanol–water partition coefficient (Wildman–Crippen LogP) is 5.67. The Bertz CT molecular complexity index is 1520. The molecule has 172 valence electrons. The zero-order chi connectivity index (χ0) is 24.4. The number of aromatic nitrogens is 4. The van der Waals surface area contributed by atoms with Crippen molar-refractivity contribution in [3.05, 3.63) is 112 Å². The average molecular weight is 504 g/mol. The van der Waals surface area contributed by atoms with Crippen LogP contribution < -0.4 is 5.32 Å². The molecule has 0 bridgehead atoms. The fraction of sp³-hybridized carbons (Fsp3) is 0. The molecule has 0 aliphatic heterocycles. The lowest BCUT2D eigenvalue weighted by atomic mass is 10.1. The van der Waals surface area contributed by atoms with E-state index < -0.39 is 11.7 Å². The number of ketones is 1. The summed E-state index contributed by atoms with van der Waals surface area (Å²) in [6.45, 7) is 0. The number of hydrogen-bond acceptors (Lipinski definition) is 6. The summed E-state index contributed by atoms with van der Waals surface area (Å²) in [4.78, 5) is 34.4. The lowest BCUT2D eigenvalue weighted by Crippen LogP contribution is -2.13. The molecule has 0 atom stereocenters. The number of thiazole rings is 1. The van der Waals surface area contributed by atoms with Gasteiger partial charge in [-0.3, -0.25) is 9.59 Å². The summed E-state index contributed by atoms with van der Waals surface area (Å²) >= 11 is 7.45. The Hall–Kier alpha value is -4.21. The molecule has 1 N–H and O–H groups in total. The predicted molar refractivity (Wildman–Crippen MR) is 132 cm³/mol. The first-order chi connectivity index (χ1) is 17.0. The van der Waals surface area contributed by atoms with E-state index in [1.54, 1.807) is 54.2 Å². The highest BCUT2D eigenvalue weighted by Gasteiger charge is 2.21. The number of carbonyl (C=O) groups excluding carboxylic acids is 2. The Morgan fingerprint density at radius 1 is 0.971 bits per heavy atom. The third kappa shape index (κ3) is 4.72. The van der Waals surface area contributed by atoms with Crippen LogP contribution in [0.25, 0.3) is 17.1 Å². The van der Waals surface area contributed by atoms with Crippen LogP contribution in [0.15, 0.2) is 84.6 Å². The molecule has 0 radical (unpaired) electrons. The van der Waals surface area contributed by atoms with E-state index in [1.807, 2.05) is 0 Å². The van der Waals surface area contributed by atoms with Crippen LogP contribution in [0, 0.1) is 5.82 Å². The van der Waals surface area contributed by atoms with Crippen molar-refractivity contribution in [2.24, 2.45) is 0 Å². The van der Waals surface area contributed by atoms with Crippen LogP contribution in [0.5, 0.6) is 0 Å². The first-order valence-corrected chi connectivity index (χ1v) is 11.6. The number of nitrogens with zero attached hydrogens (tertiary/aromatic N) is 4. The molecule has 0 saturated heterocycles. The molecular formula is C25H15ClFN5O2S. The smallest absolute Gasteiger partial charge is 0.259 e. The molecule has 0 saturated carbocycles. The summed E-state index contributed by atoms with van der Waals surface area (Å²) in [6.07, 6.45) is 4.70. The van der Waals surface area contributed by atoms with Gasteiger partial charge in [0.15, 0.2) is 10.8 Å². The Morgan fingerprint density at radius 2 is 1.80 bits per heavy atom. The van der Waals surface area contributed by atoms with Crippen molar-refractivity contribution < 1.29 is 14.0 Å². The van der Waals surface area contributed by atoms with E-state index in [4.69, 9.17) is 11.6 Å². The monoisotopic (exact) mass is 503 g/mol. The number of benzene rings is 2. The van der Waals surface area contributed by atoms with Gasteiger partial charge in [-0.25, -0.2) is 19.0 Å². The largest absolute Gasteiger partial charge is 0.322 e. The fourth-order valence-electron chi connectivity index (χ4n) is 3.39. The van der Waals surface area contributed by atoms with Crippen LogP contribution in [0.2, 0.25) is 5.02 Å². The number of halogens is 2. The molecule has 3 aromatic heterocycles. The SMILES string of the molecule is O=C(c1nccs1)c1cc(NC(=O)c2cn(-c3ccccn3)nc2-c2ccc(F)cc2)ccc1Cl. The highest BCUT2D eigenvalue weighted by Crippen LogP contribution is 2.27. The molecule has 0 unspecified atom stereocenters. The van der Waals surface area contributed by atoms with E-state index in [2.05, 4.69) is 20.4 Å². The number of carbonyl (C=O) groups is 2. The van der Waals surface area contributed by atoms with E-state index in [0.717, 1.165) is 0 Å². The second-order valence-electron chi connectivity index (χ2n) is 7.35. The van der Waals surface area contributed by atoms with Gasteiger partial charge in [-0.2, -0.15) is 5.10 Å². The number of pyridine rings is 1. The molecule has 0 aliphatic rings. The molecule has 0 aliphatic carbocycles. The molecule has 10 heteroatoms. The van der Waals surface area contributed by atoms with Crippen LogP contribution >= 0.6 is 22.9 Å². The third-order valence-corrected chi connectivity index (χ3v) is 6.16. The van der Waals surface area contributed by atoms with Gasteiger partial charge >= 0.3 is 0 Å². The third-order valence-electron chi connectivity index (χ3n) is 5.06. The summed E-state index contributed by atoms with van der Waals surface area (Å²) in [5.74, 6) is -0.696. The van der Waals surface area contributed by atoms with Crippen LogP contribution in [-0.2, 0) is 0 Å². The van der Waals surface area contributed by atoms with Gasteiger partial charge in [0.25, 0.3) is 5.91 Å². The fourth-order valence-corrected chi connectivity index (χ4v) is 4.19. The molecular weight excluding hydrogens is 489 g/mol. The van der Waals surface area contributed by atoms with Gasteiger partial charge in [0.2, 0.25) is 5.78 Å². The van der Waals surface area contributed by atoms with Crippen molar-refractivity contribution in [1.82, 2.24) is 19.7 Å². The molecule has 0 spiro atoms. The Labute approximate surface area is 207 Å². The minimum atomic E-state index is -0.471. The van der Waals surface area contributed by atoms with Crippen molar-refractivity contribution in [2.75, 3.05) is 5.32 Å². The number of nitrogens with one attached hydrogen (secondary N) is 1. The lowest BCUT2D eigenvalue weighted by Gasteiger charge is -2.08. The maximum Gasteiger partial charge on any atom is 0.259 e. The Kier molecular flexibility index (Phi) is 6.17. The van der Waals surface area contributed by atoms with Gasteiger partial charge in [0.05, 0.1) is 10.6 Å². The molecule has 35 heavy (non-hydrogen) atoms. The van der Waals surface area contributed by atoms with E-state index in [9.17, 15) is 14.0 Å². The molecule has 5 rings (SSSR count). The zero-order valence-corrected chi connectivity index (χ0v) is 19.4. The van der Waals surface area contributed by atoms with Crippen molar-refractivity contribution in [1.29, 1.82) is 0 Å². The maximum atomic E-state index is 13.5. The number of rotatable bonds is 6. The van der Waals surface area contributed by atoms with E-state index in [-0.39, 0.29) is 21.9 Å². The summed E-state index contributed by atoms with van der Waals surface area (Å²) in [6, 6.07) is 15.6. The van der Waals surface area contributed by atoms with Gasteiger partial charge in [-0.15, -0.1) is 11.3 Å². The quantitative estimate of drug-likeness (QED) is 0.302. The molecule has 3 heterocycles. The second kappa shape index (κ2) is 9.57. The topological polar surface area (TPSA) is 89.8 Å². The van der Waals surface area contributed by atoms with Crippen LogP contribution in [0.4, 0.5) is 10.1 Å². The van der Waals surface area contributed by atoms with Gasteiger partial charge in [0, 0.05) is 40.8 Å².